The number of aromatic nitrogens is 1. The summed E-state index contributed by atoms with van der Waals surface area (Å²) in [5, 5.41) is 35.6. The number of hydrogen-bond acceptors (Lipinski definition) is 10. The van der Waals surface area contributed by atoms with E-state index in [-0.39, 0.29) is 49.1 Å². The van der Waals surface area contributed by atoms with Gasteiger partial charge in [0.15, 0.2) is 0 Å². The van der Waals surface area contributed by atoms with Gasteiger partial charge < -0.3 is 20.5 Å². The topological polar surface area (TPSA) is 197 Å². The standard InChI is InChI=1S/C36H43N7O7S/c1-24(2)20-41(51(49,50)30-12-10-27(11-13-30)19-39-48)22-32(44)31(17-26-8-6-5-7-9-26)40-35(46)34(25(3)4)43-23-33(45)42(36(43)47)21-28-14-15-38-29(16-28)18-37/h5-16,19,24-25,31-32,34,44,48H,17,20-23H2,1-4H3,(H,40,46)/b39-19+/t31-,32+,34?/m0/s1. The van der Waals surface area contributed by atoms with Gasteiger partial charge in [0.1, 0.15) is 24.3 Å². The minimum absolute atomic E-state index is 0.0219. The molecule has 0 radical (unpaired) electrons. The van der Waals surface area contributed by atoms with Crippen molar-refractivity contribution in [3.8, 4) is 6.07 Å². The molecule has 3 atom stereocenters. The minimum atomic E-state index is -4.11. The van der Waals surface area contributed by atoms with Crippen LogP contribution in [-0.4, -0.2) is 99.7 Å². The van der Waals surface area contributed by atoms with Crippen molar-refractivity contribution < 1.29 is 33.1 Å². The Morgan fingerprint density at radius 2 is 1.75 bits per heavy atom. The van der Waals surface area contributed by atoms with E-state index in [1.54, 1.807) is 19.9 Å². The fraction of sp³-hybridized carbons (Fsp3) is 0.389. The van der Waals surface area contributed by atoms with Crippen LogP contribution in [0.25, 0.3) is 0 Å². The Hall–Kier alpha value is -5.17. The van der Waals surface area contributed by atoms with Gasteiger partial charge in [-0.25, -0.2) is 18.2 Å². The molecule has 1 aliphatic rings. The van der Waals surface area contributed by atoms with E-state index in [4.69, 9.17) is 5.21 Å². The summed E-state index contributed by atoms with van der Waals surface area (Å²) in [6.07, 6.45) is 1.34. The van der Waals surface area contributed by atoms with Crippen LogP contribution in [0.2, 0.25) is 0 Å². The van der Waals surface area contributed by atoms with E-state index in [1.807, 2.05) is 50.2 Å². The van der Waals surface area contributed by atoms with Gasteiger partial charge in [0, 0.05) is 19.3 Å². The zero-order chi connectivity index (χ0) is 37.3. The smallest absolute Gasteiger partial charge is 0.328 e. The monoisotopic (exact) mass is 717 g/mol. The van der Waals surface area contributed by atoms with E-state index < -0.39 is 52.0 Å². The highest BCUT2D eigenvalue weighted by Crippen LogP contribution is 2.23. The Balaban J connectivity index is 1.59. The molecule has 1 fully saturated rings. The molecular weight excluding hydrogens is 675 g/mol. The molecule has 0 aliphatic carbocycles. The van der Waals surface area contributed by atoms with Crippen molar-refractivity contribution >= 4 is 34.1 Å². The lowest BCUT2D eigenvalue weighted by molar-refractivity contribution is -0.129. The summed E-state index contributed by atoms with van der Waals surface area (Å²) < 4.78 is 28.9. The highest BCUT2D eigenvalue weighted by Gasteiger charge is 2.44. The van der Waals surface area contributed by atoms with E-state index >= 15 is 0 Å². The van der Waals surface area contributed by atoms with Crippen LogP contribution in [0, 0.1) is 23.2 Å². The van der Waals surface area contributed by atoms with E-state index in [0.717, 1.165) is 10.5 Å². The molecular formula is C36H43N7O7S. The summed E-state index contributed by atoms with van der Waals surface area (Å²) in [4.78, 5) is 46.9. The summed E-state index contributed by atoms with van der Waals surface area (Å²) in [5.41, 5.74) is 1.92. The van der Waals surface area contributed by atoms with Crippen molar-refractivity contribution in [2.24, 2.45) is 17.0 Å². The maximum absolute atomic E-state index is 14.1. The number of rotatable bonds is 16. The Morgan fingerprint density at radius 3 is 2.35 bits per heavy atom. The zero-order valence-corrected chi connectivity index (χ0v) is 29.8. The number of imide groups is 1. The van der Waals surface area contributed by atoms with Crippen molar-refractivity contribution in [3.63, 3.8) is 0 Å². The highest BCUT2D eigenvalue weighted by molar-refractivity contribution is 7.89. The maximum atomic E-state index is 14.1. The van der Waals surface area contributed by atoms with Gasteiger partial charge in [-0.2, -0.15) is 9.57 Å². The number of nitrogens with zero attached hydrogens (tertiary/aromatic N) is 6. The minimum Gasteiger partial charge on any atom is -0.411 e. The van der Waals surface area contributed by atoms with Crippen molar-refractivity contribution in [3.05, 3.63) is 95.3 Å². The predicted octanol–water partition coefficient (Wildman–Crippen LogP) is 2.99. The molecule has 1 aliphatic heterocycles. The second kappa shape index (κ2) is 17.2. The number of aliphatic hydroxyl groups excluding tert-OH is 1. The number of pyridine rings is 1. The van der Waals surface area contributed by atoms with Crippen LogP contribution < -0.4 is 5.32 Å². The van der Waals surface area contributed by atoms with Crippen molar-refractivity contribution in [1.29, 1.82) is 5.26 Å². The quantitative estimate of drug-likeness (QED) is 0.0864. The number of sulfonamides is 1. The van der Waals surface area contributed by atoms with Crippen LogP contribution >= 0.6 is 0 Å². The molecule has 4 rings (SSSR count). The molecule has 1 saturated heterocycles. The number of nitrogens with one attached hydrogen (secondary N) is 1. The van der Waals surface area contributed by atoms with E-state index in [1.165, 1.54) is 51.9 Å². The van der Waals surface area contributed by atoms with Gasteiger partial charge in [-0.15, -0.1) is 0 Å². The molecule has 1 aromatic heterocycles. The lowest BCUT2D eigenvalue weighted by Crippen LogP contribution is -2.57. The lowest BCUT2D eigenvalue weighted by atomic mass is 9.97. The second-order valence-corrected chi connectivity index (χ2v) is 15.1. The van der Waals surface area contributed by atoms with Crippen LogP contribution in [0.1, 0.15) is 50.1 Å². The van der Waals surface area contributed by atoms with Gasteiger partial charge in [-0.05, 0) is 59.2 Å². The summed E-state index contributed by atoms with van der Waals surface area (Å²) in [6.45, 7) is 6.45. The molecule has 1 unspecified atom stereocenters. The van der Waals surface area contributed by atoms with Gasteiger partial charge in [0.2, 0.25) is 15.9 Å². The van der Waals surface area contributed by atoms with E-state index in [2.05, 4.69) is 15.5 Å². The van der Waals surface area contributed by atoms with Gasteiger partial charge in [-0.1, -0.05) is 75.3 Å². The zero-order valence-electron chi connectivity index (χ0n) is 29.0. The number of carbonyl (C=O) groups is 3. The normalized spacial score (nSPS) is 15.5. The van der Waals surface area contributed by atoms with E-state index in [9.17, 15) is 33.2 Å². The fourth-order valence-electron chi connectivity index (χ4n) is 5.93. The number of urea groups is 1. The van der Waals surface area contributed by atoms with Crippen molar-refractivity contribution in [2.75, 3.05) is 19.6 Å². The number of benzene rings is 2. The molecule has 0 spiro atoms. The van der Waals surface area contributed by atoms with Crippen molar-refractivity contribution in [1.82, 2.24) is 24.4 Å². The first-order chi connectivity index (χ1) is 24.2. The summed E-state index contributed by atoms with van der Waals surface area (Å²) in [5.74, 6) is -1.68. The average Bonchev–Trinajstić information content (AvgIpc) is 3.36. The number of hydrogen-bond donors (Lipinski definition) is 3. The summed E-state index contributed by atoms with van der Waals surface area (Å²) in [6, 6.07) is 17.1. The molecule has 51 heavy (non-hydrogen) atoms. The SMILES string of the molecule is CC(C)CN(C[C@@H](O)[C@H](Cc1ccccc1)NC(=O)C(C(C)C)N1CC(=O)N(Cc2ccnc(C#N)c2)C1=O)S(=O)(=O)c1ccc(/C=N/O)cc1. The summed E-state index contributed by atoms with van der Waals surface area (Å²) >= 11 is 0. The third-order valence-corrected chi connectivity index (χ3v) is 10.2. The molecule has 2 aromatic carbocycles. The third-order valence-electron chi connectivity index (χ3n) is 8.37. The first kappa shape index (κ1) is 38.6. The number of amides is 4. The number of carbonyl (C=O) groups excluding carboxylic acids is 3. The molecule has 3 aromatic rings. The number of aliphatic hydroxyl groups is 1. The summed E-state index contributed by atoms with van der Waals surface area (Å²) in [7, 11) is -4.11. The van der Waals surface area contributed by atoms with Crippen LogP contribution in [0.4, 0.5) is 4.79 Å². The Bertz CT molecular complexity index is 1860. The first-order valence-corrected chi connectivity index (χ1v) is 17.9. The highest BCUT2D eigenvalue weighted by atomic mass is 32.2. The van der Waals surface area contributed by atoms with Gasteiger partial charge in [-0.3, -0.25) is 14.5 Å². The molecule has 0 saturated carbocycles. The van der Waals surface area contributed by atoms with Gasteiger partial charge in [0.05, 0.1) is 29.8 Å². The molecule has 2 heterocycles. The second-order valence-electron chi connectivity index (χ2n) is 13.1. The van der Waals surface area contributed by atoms with Crippen LogP contribution in [0.5, 0.6) is 0 Å². The molecule has 0 bridgehead atoms. The van der Waals surface area contributed by atoms with Crippen molar-refractivity contribution in [2.45, 2.75) is 63.7 Å². The number of nitriles is 1. The molecule has 14 nitrogen and oxygen atoms in total. The Labute approximate surface area is 298 Å². The fourth-order valence-corrected chi connectivity index (χ4v) is 7.55. The Kier molecular flexibility index (Phi) is 13.0. The molecule has 4 amide bonds. The number of oxime groups is 1. The Morgan fingerprint density at radius 1 is 1.06 bits per heavy atom. The third kappa shape index (κ3) is 9.75. The van der Waals surface area contributed by atoms with E-state index in [0.29, 0.717) is 11.1 Å². The molecule has 3 N–H and O–H groups in total. The maximum Gasteiger partial charge on any atom is 0.328 e. The average molecular weight is 718 g/mol. The molecule has 15 heteroatoms. The molecule has 270 valence electrons. The van der Waals surface area contributed by atoms with Crippen LogP contribution in [0.15, 0.2) is 83.0 Å². The van der Waals surface area contributed by atoms with Crippen LogP contribution in [-0.2, 0) is 32.6 Å². The lowest BCUT2D eigenvalue weighted by Gasteiger charge is -2.34. The van der Waals surface area contributed by atoms with Crippen LogP contribution in [0.3, 0.4) is 0 Å². The van der Waals surface area contributed by atoms with Gasteiger partial charge in [0.25, 0.3) is 5.91 Å². The first-order valence-electron chi connectivity index (χ1n) is 16.5. The van der Waals surface area contributed by atoms with Gasteiger partial charge >= 0.3 is 6.03 Å². The predicted molar refractivity (Wildman–Crippen MR) is 188 cm³/mol. The largest absolute Gasteiger partial charge is 0.411 e.